The van der Waals surface area contributed by atoms with Gasteiger partial charge in [-0.15, -0.1) is 0 Å². The molecule has 1 saturated heterocycles. The van der Waals surface area contributed by atoms with Gasteiger partial charge in [0.1, 0.15) is 0 Å². The first-order valence-corrected chi connectivity index (χ1v) is 8.58. The first-order chi connectivity index (χ1) is 10.9. The maximum absolute atomic E-state index is 8.71. The molecule has 1 aromatic carbocycles. The van der Waals surface area contributed by atoms with Crippen molar-refractivity contribution in [1.82, 2.24) is 9.80 Å². The molecule has 2 aliphatic rings. The highest BCUT2D eigenvalue weighted by Gasteiger charge is 2.26. The fourth-order valence-corrected chi connectivity index (χ4v) is 3.70. The van der Waals surface area contributed by atoms with Crippen molar-refractivity contribution in [2.24, 2.45) is 0 Å². The number of benzene rings is 1. The molecule has 1 heterocycles. The highest BCUT2D eigenvalue weighted by atomic mass is 16.5. The average Bonchev–Trinajstić information content (AvgIpc) is 2.59. The van der Waals surface area contributed by atoms with Gasteiger partial charge in [0, 0.05) is 38.8 Å². The Morgan fingerprint density at radius 2 is 1.82 bits per heavy atom. The molecule has 0 aromatic heterocycles. The Balaban J connectivity index is 1.42. The molecular weight excluding hydrogens is 276 g/mol. The minimum absolute atomic E-state index is 0.122. The van der Waals surface area contributed by atoms with Gasteiger partial charge in [-0.25, -0.2) is 0 Å². The average molecular weight is 304 g/mol. The Bertz CT molecular complexity index is 458. The maximum Gasteiger partial charge on any atom is 0.0698 e. The Labute approximate surface area is 133 Å². The summed E-state index contributed by atoms with van der Waals surface area (Å²) in [6.45, 7) is 6.93. The molecular formula is C18H28N2O2. The van der Waals surface area contributed by atoms with Crippen molar-refractivity contribution in [1.29, 1.82) is 0 Å². The molecule has 22 heavy (non-hydrogen) atoms. The predicted molar refractivity (Wildman–Crippen MR) is 88.2 cm³/mol. The molecule has 122 valence electrons. The zero-order chi connectivity index (χ0) is 15.2. The summed E-state index contributed by atoms with van der Waals surface area (Å²) in [6, 6.07) is 9.65. The highest BCUT2D eigenvalue weighted by Crippen LogP contribution is 2.25. The van der Waals surface area contributed by atoms with Crippen molar-refractivity contribution >= 4 is 0 Å². The number of aliphatic hydroxyl groups excluding tert-OH is 1. The smallest absolute Gasteiger partial charge is 0.0698 e. The van der Waals surface area contributed by atoms with Crippen molar-refractivity contribution < 1.29 is 9.84 Å². The van der Waals surface area contributed by atoms with Crippen LogP contribution in [0.3, 0.4) is 0 Å². The van der Waals surface area contributed by atoms with Crippen molar-refractivity contribution in [2.75, 3.05) is 52.5 Å². The Hall–Kier alpha value is -0.940. The molecule has 0 spiro atoms. The van der Waals surface area contributed by atoms with Crippen molar-refractivity contribution in [3.05, 3.63) is 35.4 Å². The third-order valence-corrected chi connectivity index (χ3v) is 5.03. The van der Waals surface area contributed by atoms with E-state index in [-0.39, 0.29) is 6.61 Å². The largest absolute Gasteiger partial charge is 0.394 e. The van der Waals surface area contributed by atoms with Gasteiger partial charge in [0.2, 0.25) is 0 Å². The lowest BCUT2D eigenvalue weighted by Gasteiger charge is -2.41. The number of aliphatic hydroxyl groups is 1. The van der Waals surface area contributed by atoms with Crippen LogP contribution in [0.2, 0.25) is 0 Å². The SMILES string of the molecule is OCCOCCN1CCN(C2CCc3ccccc3C2)CC1. The fraction of sp³-hybridized carbons (Fsp3) is 0.667. The van der Waals surface area contributed by atoms with E-state index < -0.39 is 0 Å². The van der Waals surface area contributed by atoms with Crippen LogP contribution in [-0.2, 0) is 17.6 Å². The summed E-state index contributed by atoms with van der Waals surface area (Å²) < 4.78 is 5.36. The summed E-state index contributed by atoms with van der Waals surface area (Å²) in [4.78, 5) is 5.16. The highest BCUT2D eigenvalue weighted by molar-refractivity contribution is 5.30. The maximum atomic E-state index is 8.71. The van der Waals surface area contributed by atoms with E-state index in [1.807, 2.05) is 0 Å². The molecule has 1 fully saturated rings. The van der Waals surface area contributed by atoms with Crippen LogP contribution in [0.5, 0.6) is 0 Å². The number of hydrogen-bond donors (Lipinski definition) is 1. The van der Waals surface area contributed by atoms with Crippen LogP contribution < -0.4 is 0 Å². The number of nitrogens with zero attached hydrogens (tertiary/aromatic N) is 2. The van der Waals surface area contributed by atoms with Gasteiger partial charge in [-0.05, 0) is 30.4 Å². The molecule has 4 heteroatoms. The van der Waals surface area contributed by atoms with E-state index in [1.54, 1.807) is 11.1 Å². The van der Waals surface area contributed by atoms with E-state index in [0.29, 0.717) is 6.61 Å². The second-order valence-electron chi connectivity index (χ2n) is 6.38. The van der Waals surface area contributed by atoms with Crippen molar-refractivity contribution in [2.45, 2.75) is 25.3 Å². The minimum Gasteiger partial charge on any atom is -0.394 e. The van der Waals surface area contributed by atoms with Crippen LogP contribution in [0.4, 0.5) is 0 Å². The van der Waals surface area contributed by atoms with Gasteiger partial charge < -0.3 is 9.84 Å². The van der Waals surface area contributed by atoms with E-state index >= 15 is 0 Å². The summed E-state index contributed by atoms with van der Waals surface area (Å²) in [5.74, 6) is 0. The minimum atomic E-state index is 0.122. The molecule has 1 aromatic rings. The molecule has 3 rings (SSSR count). The van der Waals surface area contributed by atoms with Gasteiger partial charge in [-0.2, -0.15) is 0 Å². The number of piperazine rings is 1. The standard InChI is InChI=1S/C18H28N2O2/c21-12-14-22-13-11-19-7-9-20(10-8-19)18-6-5-16-3-1-2-4-17(16)15-18/h1-4,18,21H,5-15H2. The number of ether oxygens (including phenoxy) is 1. The number of fused-ring (bicyclic) bond motifs is 1. The van der Waals surface area contributed by atoms with E-state index in [2.05, 4.69) is 34.1 Å². The lowest BCUT2D eigenvalue weighted by atomic mass is 9.87. The lowest BCUT2D eigenvalue weighted by molar-refractivity contribution is 0.0466. The lowest BCUT2D eigenvalue weighted by Crippen LogP contribution is -2.52. The van der Waals surface area contributed by atoms with Gasteiger partial charge in [0.25, 0.3) is 0 Å². The monoisotopic (exact) mass is 304 g/mol. The zero-order valence-corrected chi connectivity index (χ0v) is 13.4. The van der Waals surface area contributed by atoms with Gasteiger partial charge in [0.05, 0.1) is 19.8 Å². The van der Waals surface area contributed by atoms with Crippen LogP contribution in [0.25, 0.3) is 0 Å². The molecule has 1 aliphatic heterocycles. The molecule has 1 unspecified atom stereocenters. The molecule has 1 aliphatic carbocycles. The normalized spacial score (nSPS) is 23.4. The van der Waals surface area contributed by atoms with E-state index in [0.717, 1.165) is 32.3 Å². The zero-order valence-electron chi connectivity index (χ0n) is 13.4. The Morgan fingerprint density at radius 1 is 1.05 bits per heavy atom. The first-order valence-electron chi connectivity index (χ1n) is 8.58. The van der Waals surface area contributed by atoms with Crippen LogP contribution in [0.15, 0.2) is 24.3 Å². The van der Waals surface area contributed by atoms with Gasteiger partial charge in [-0.1, -0.05) is 24.3 Å². The van der Waals surface area contributed by atoms with Crippen molar-refractivity contribution in [3.8, 4) is 0 Å². The van der Waals surface area contributed by atoms with Crippen LogP contribution in [-0.4, -0.2) is 73.5 Å². The molecule has 1 atom stereocenters. The summed E-state index contributed by atoms with van der Waals surface area (Å²) in [5.41, 5.74) is 3.11. The third kappa shape index (κ3) is 4.07. The number of aryl methyl sites for hydroxylation is 1. The van der Waals surface area contributed by atoms with Crippen LogP contribution >= 0.6 is 0 Å². The first kappa shape index (κ1) is 15.9. The second-order valence-corrected chi connectivity index (χ2v) is 6.38. The van der Waals surface area contributed by atoms with E-state index in [4.69, 9.17) is 9.84 Å². The van der Waals surface area contributed by atoms with Crippen LogP contribution in [0.1, 0.15) is 17.5 Å². The molecule has 0 radical (unpaired) electrons. The third-order valence-electron chi connectivity index (χ3n) is 5.03. The Morgan fingerprint density at radius 3 is 2.59 bits per heavy atom. The summed E-state index contributed by atoms with van der Waals surface area (Å²) >= 11 is 0. The van der Waals surface area contributed by atoms with E-state index in [9.17, 15) is 0 Å². The quantitative estimate of drug-likeness (QED) is 0.801. The molecule has 1 N–H and O–H groups in total. The van der Waals surface area contributed by atoms with Crippen LogP contribution in [0, 0.1) is 0 Å². The van der Waals surface area contributed by atoms with Crippen molar-refractivity contribution in [3.63, 3.8) is 0 Å². The Kier molecular flexibility index (Phi) is 5.84. The number of hydrogen-bond acceptors (Lipinski definition) is 4. The van der Waals surface area contributed by atoms with E-state index in [1.165, 1.54) is 32.4 Å². The summed E-state index contributed by atoms with van der Waals surface area (Å²) in [7, 11) is 0. The fourth-order valence-electron chi connectivity index (χ4n) is 3.70. The summed E-state index contributed by atoms with van der Waals surface area (Å²) in [6.07, 6.45) is 3.75. The molecule has 0 amide bonds. The van der Waals surface area contributed by atoms with Gasteiger partial charge >= 0.3 is 0 Å². The van der Waals surface area contributed by atoms with Gasteiger partial charge in [-0.3, -0.25) is 9.80 Å². The summed E-state index contributed by atoms with van der Waals surface area (Å²) in [5, 5.41) is 8.71. The van der Waals surface area contributed by atoms with Gasteiger partial charge in [0.15, 0.2) is 0 Å². The molecule has 0 bridgehead atoms. The molecule has 0 saturated carbocycles. The predicted octanol–water partition coefficient (Wildman–Crippen LogP) is 1.17. The molecule has 4 nitrogen and oxygen atoms in total. The second kappa shape index (κ2) is 8.06. The topological polar surface area (TPSA) is 35.9 Å². The number of rotatable bonds is 6.